The number of pyridine rings is 1. The Balaban J connectivity index is 1.93. The third kappa shape index (κ3) is 3.00. The molecule has 17 heavy (non-hydrogen) atoms. The second-order valence-electron chi connectivity index (χ2n) is 3.60. The van der Waals surface area contributed by atoms with Gasteiger partial charge in [0.1, 0.15) is 5.82 Å². The molecule has 0 aliphatic carbocycles. The van der Waals surface area contributed by atoms with Gasteiger partial charge < -0.3 is 5.32 Å². The molecule has 0 unspecified atom stereocenters. The molecule has 0 aliphatic rings. The van der Waals surface area contributed by atoms with Gasteiger partial charge in [0.2, 0.25) is 0 Å². The van der Waals surface area contributed by atoms with Gasteiger partial charge in [-0.05, 0) is 30.2 Å². The molecule has 0 saturated carbocycles. The molecule has 0 saturated heterocycles. The lowest BCUT2D eigenvalue weighted by Gasteiger charge is -2.06. The number of nitrogens with one attached hydrogen (secondary N) is 1. The maximum atomic E-state index is 13.3. The Hall–Kier alpha value is -1.97. The zero-order valence-corrected chi connectivity index (χ0v) is 9.16. The Morgan fingerprint density at radius 1 is 1.00 bits per heavy atom. The largest absolute Gasteiger partial charge is 0.367 e. The van der Waals surface area contributed by atoms with E-state index >= 15 is 0 Å². The quantitative estimate of drug-likeness (QED) is 0.879. The van der Waals surface area contributed by atoms with Crippen molar-refractivity contribution in [2.24, 2.45) is 0 Å². The lowest BCUT2D eigenvalue weighted by molar-refractivity contribution is 0.609. The molecule has 1 heterocycles. The number of rotatable bonds is 4. The highest BCUT2D eigenvalue weighted by Crippen LogP contribution is 2.10. The van der Waals surface area contributed by atoms with Crippen molar-refractivity contribution < 1.29 is 8.78 Å². The number of hydrogen-bond acceptors (Lipinski definition) is 2. The van der Waals surface area contributed by atoms with Crippen LogP contribution in [0.5, 0.6) is 0 Å². The zero-order valence-electron chi connectivity index (χ0n) is 9.16. The summed E-state index contributed by atoms with van der Waals surface area (Å²) in [6, 6.07) is 9.41. The summed E-state index contributed by atoms with van der Waals surface area (Å²) >= 11 is 0. The Morgan fingerprint density at radius 3 is 2.53 bits per heavy atom. The molecule has 1 aromatic carbocycles. The molecule has 2 nitrogen and oxygen atoms in total. The van der Waals surface area contributed by atoms with Gasteiger partial charge in [0.25, 0.3) is 0 Å². The number of nitrogens with zero attached hydrogens (tertiary/aromatic N) is 1. The van der Waals surface area contributed by atoms with E-state index in [1.807, 2.05) is 0 Å². The summed E-state index contributed by atoms with van der Waals surface area (Å²) in [4.78, 5) is 3.85. The molecule has 0 amide bonds. The molecule has 0 bridgehead atoms. The van der Waals surface area contributed by atoms with E-state index in [0.29, 0.717) is 18.5 Å². The van der Waals surface area contributed by atoms with E-state index in [9.17, 15) is 8.78 Å². The van der Waals surface area contributed by atoms with E-state index in [1.54, 1.807) is 18.2 Å². The third-order valence-corrected chi connectivity index (χ3v) is 2.40. The van der Waals surface area contributed by atoms with Crippen LogP contribution in [0.3, 0.4) is 0 Å². The predicted octanol–water partition coefficient (Wildman–Crippen LogP) is 3.01. The summed E-state index contributed by atoms with van der Waals surface area (Å²) in [5.41, 5.74) is 0.608. The highest BCUT2D eigenvalue weighted by molar-refractivity contribution is 5.35. The molecule has 0 spiro atoms. The molecule has 4 heteroatoms. The van der Waals surface area contributed by atoms with Gasteiger partial charge in [-0.1, -0.05) is 18.2 Å². The molecule has 0 fully saturated rings. The Kier molecular flexibility index (Phi) is 3.65. The lowest BCUT2D eigenvalue weighted by atomic mass is 10.1. The first kappa shape index (κ1) is 11.5. The average molecular weight is 234 g/mol. The van der Waals surface area contributed by atoms with Crippen LogP contribution < -0.4 is 5.32 Å². The number of hydrogen-bond donors (Lipinski definition) is 1. The van der Waals surface area contributed by atoms with Crippen LogP contribution >= 0.6 is 0 Å². The van der Waals surface area contributed by atoms with Gasteiger partial charge in [0.05, 0.1) is 0 Å². The first-order chi connectivity index (χ1) is 8.27. The molecule has 0 aliphatic heterocycles. The maximum absolute atomic E-state index is 13.3. The van der Waals surface area contributed by atoms with E-state index in [0.717, 1.165) is 0 Å². The van der Waals surface area contributed by atoms with E-state index < -0.39 is 5.82 Å². The van der Waals surface area contributed by atoms with Crippen molar-refractivity contribution in [2.45, 2.75) is 6.42 Å². The normalized spacial score (nSPS) is 10.2. The highest BCUT2D eigenvalue weighted by atomic mass is 19.1. The van der Waals surface area contributed by atoms with Gasteiger partial charge in [-0.15, -0.1) is 0 Å². The maximum Gasteiger partial charge on any atom is 0.165 e. The second-order valence-corrected chi connectivity index (χ2v) is 3.60. The van der Waals surface area contributed by atoms with Crippen molar-refractivity contribution in [1.82, 2.24) is 4.98 Å². The number of anilines is 1. The summed E-state index contributed by atoms with van der Waals surface area (Å²) < 4.78 is 26.5. The monoisotopic (exact) mass is 234 g/mol. The molecule has 1 aromatic heterocycles. The van der Waals surface area contributed by atoms with Crippen LogP contribution in [0.25, 0.3) is 0 Å². The summed E-state index contributed by atoms with van der Waals surface area (Å²) in [5, 5.41) is 2.84. The van der Waals surface area contributed by atoms with Crippen molar-refractivity contribution in [1.29, 1.82) is 0 Å². The summed E-state index contributed by atoms with van der Waals surface area (Å²) in [6.45, 7) is 0.439. The minimum atomic E-state index is -0.402. The number of halogens is 2. The van der Waals surface area contributed by atoms with Crippen molar-refractivity contribution in [2.75, 3.05) is 11.9 Å². The second kappa shape index (κ2) is 5.39. The summed E-state index contributed by atoms with van der Waals surface area (Å²) in [7, 11) is 0. The molecule has 88 valence electrons. The van der Waals surface area contributed by atoms with Crippen LogP contribution in [-0.4, -0.2) is 11.5 Å². The van der Waals surface area contributed by atoms with Crippen molar-refractivity contribution in [3.8, 4) is 0 Å². The SMILES string of the molecule is Fc1ccccc1CCNc1ncccc1F. The van der Waals surface area contributed by atoms with Crippen LogP contribution in [0, 0.1) is 11.6 Å². The minimum absolute atomic E-state index is 0.198. The van der Waals surface area contributed by atoms with Gasteiger partial charge in [0, 0.05) is 12.7 Å². The highest BCUT2D eigenvalue weighted by Gasteiger charge is 2.03. The molecular weight excluding hydrogens is 222 g/mol. The van der Waals surface area contributed by atoms with Gasteiger partial charge in [-0.2, -0.15) is 0 Å². The molecule has 1 N–H and O–H groups in total. The van der Waals surface area contributed by atoms with Crippen LogP contribution in [0.15, 0.2) is 42.6 Å². The third-order valence-electron chi connectivity index (χ3n) is 2.40. The summed E-state index contributed by atoms with van der Waals surface area (Å²) in [5.74, 6) is -0.444. The standard InChI is InChI=1S/C13H12F2N2/c14-11-5-2-1-4-10(11)7-9-17-13-12(15)6-3-8-16-13/h1-6,8H,7,9H2,(H,16,17). The van der Waals surface area contributed by atoms with Crippen molar-refractivity contribution >= 4 is 5.82 Å². The Labute approximate surface area is 98.3 Å². The molecule has 2 rings (SSSR count). The van der Waals surface area contributed by atoms with E-state index in [2.05, 4.69) is 10.3 Å². The van der Waals surface area contributed by atoms with Gasteiger partial charge in [0.15, 0.2) is 11.6 Å². The Morgan fingerprint density at radius 2 is 1.76 bits per heavy atom. The fraction of sp³-hybridized carbons (Fsp3) is 0.154. The molecule has 0 radical (unpaired) electrons. The van der Waals surface area contributed by atoms with Crippen LogP contribution in [0.2, 0.25) is 0 Å². The van der Waals surface area contributed by atoms with Gasteiger partial charge in [-0.3, -0.25) is 0 Å². The van der Waals surface area contributed by atoms with E-state index in [4.69, 9.17) is 0 Å². The van der Waals surface area contributed by atoms with Gasteiger partial charge >= 0.3 is 0 Å². The van der Waals surface area contributed by atoms with Crippen LogP contribution in [-0.2, 0) is 6.42 Å². The zero-order chi connectivity index (χ0) is 12.1. The molecular formula is C13H12F2N2. The first-order valence-corrected chi connectivity index (χ1v) is 5.35. The fourth-order valence-corrected chi connectivity index (χ4v) is 1.53. The van der Waals surface area contributed by atoms with E-state index in [1.165, 1.54) is 24.4 Å². The average Bonchev–Trinajstić information content (AvgIpc) is 2.34. The van der Waals surface area contributed by atoms with Crippen LogP contribution in [0.1, 0.15) is 5.56 Å². The molecule has 2 aromatic rings. The van der Waals surface area contributed by atoms with Crippen LogP contribution in [0.4, 0.5) is 14.6 Å². The van der Waals surface area contributed by atoms with E-state index in [-0.39, 0.29) is 11.6 Å². The number of aromatic nitrogens is 1. The van der Waals surface area contributed by atoms with Crippen molar-refractivity contribution in [3.63, 3.8) is 0 Å². The first-order valence-electron chi connectivity index (χ1n) is 5.35. The van der Waals surface area contributed by atoms with Gasteiger partial charge in [-0.25, -0.2) is 13.8 Å². The smallest absolute Gasteiger partial charge is 0.165 e. The predicted molar refractivity (Wildman–Crippen MR) is 62.8 cm³/mol. The van der Waals surface area contributed by atoms with Crippen molar-refractivity contribution in [3.05, 3.63) is 59.8 Å². The lowest BCUT2D eigenvalue weighted by Crippen LogP contribution is -2.08. The Bertz CT molecular complexity index is 455. The summed E-state index contributed by atoms with van der Waals surface area (Å²) in [6.07, 6.45) is 2.00. The fourth-order valence-electron chi connectivity index (χ4n) is 1.53. The topological polar surface area (TPSA) is 24.9 Å². The number of benzene rings is 1. The minimum Gasteiger partial charge on any atom is -0.367 e. The molecule has 0 atom stereocenters.